The van der Waals surface area contributed by atoms with Crippen molar-refractivity contribution >= 4 is 11.9 Å². The number of aliphatic hydroxyl groups is 1. The van der Waals surface area contributed by atoms with E-state index in [1.54, 1.807) is 0 Å². The first kappa shape index (κ1) is 12.4. The Morgan fingerprint density at radius 1 is 1.43 bits per heavy atom. The summed E-state index contributed by atoms with van der Waals surface area (Å²) in [6.45, 7) is 6.32. The smallest absolute Gasteiger partial charge is 0.373 e. The van der Waals surface area contributed by atoms with Crippen molar-refractivity contribution in [1.82, 2.24) is 0 Å². The molecule has 0 spiro atoms. The Bertz CT molecular complexity index is 244. The fourth-order valence-electron chi connectivity index (χ4n) is 0.515. The van der Waals surface area contributed by atoms with Crippen LogP contribution < -0.4 is 0 Å². The number of carbonyl (C=O) groups is 2. The monoisotopic (exact) mass is 200 g/mol. The lowest BCUT2D eigenvalue weighted by Crippen LogP contribution is -2.13. The average molecular weight is 200 g/mol. The van der Waals surface area contributed by atoms with Gasteiger partial charge in [0.05, 0.1) is 6.61 Å². The molecule has 78 valence electrons. The predicted molar refractivity (Wildman–Crippen MR) is 48.1 cm³/mol. The maximum atomic E-state index is 11.0. The van der Waals surface area contributed by atoms with Gasteiger partial charge in [-0.2, -0.15) is 0 Å². The minimum atomic E-state index is -0.825. The maximum absolute atomic E-state index is 11.0. The van der Waals surface area contributed by atoms with Gasteiger partial charge in [-0.05, 0) is 6.58 Å². The lowest BCUT2D eigenvalue weighted by atomic mass is 10.5. The first-order valence-electron chi connectivity index (χ1n) is 3.93. The van der Waals surface area contributed by atoms with Crippen LogP contribution in [0.15, 0.2) is 25.0 Å². The molecule has 0 saturated carbocycles. The normalized spacial score (nSPS) is 8.93. The molecule has 0 fully saturated rings. The van der Waals surface area contributed by atoms with Crippen LogP contribution in [0, 0.1) is 0 Å². The van der Waals surface area contributed by atoms with Gasteiger partial charge in [-0.15, -0.1) is 0 Å². The summed E-state index contributed by atoms with van der Waals surface area (Å²) in [5.41, 5.74) is 0. The molecule has 5 nitrogen and oxygen atoms in total. The van der Waals surface area contributed by atoms with E-state index in [0.29, 0.717) is 6.42 Å². The van der Waals surface area contributed by atoms with Gasteiger partial charge >= 0.3 is 11.9 Å². The molecule has 0 aromatic heterocycles. The fourth-order valence-corrected chi connectivity index (χ4v) is 0.515. The molecule has 1 N–H and O–H groups in total. The van der Waals surface area contributed by atoms with Crippen LogP contribution in [0.1, 0.15) is 6.42 Å². The molecule has 0 aromatic carbocycles. The summed E-state index contributed by atoms with van der Waals surface area (Å²) < 4.78 is 8.98. The lowest BCUT2D eigenvalue weighted by molar-refractivity contribution is -0.149. The molecule has 14 heavy (non-hydrogen) atoms. The van der Waals surface area contributed by atoms with E-state index in [9.17, 15) is 9.59 Å². The molecular formula is C9H12O5. The Morgan fingerprint density at radius 3 is 2.57 bits per heavy atom. The van der Waals surface area contributed by atoms with Gasteiger partial charge in [-0.3, -0.25) is 0 Å². The Labute approximate surface area is 81.6 Å². The zero-order valence-corrected chi connectivity index (χ0v) is 7.69. The summed E-state index contributed by atoms with van der Waals surface area (Å²) in [5, 5.41) is 8.39. The van der Waals surface area contributed by atoms with Gasteiger partial charge in [0.15, 0.2) is 0 Å². The van der Waals surface area contributed by atoms with E-state index in [1.165, 1.54) is 0 Å². The molecule has 0 unspecified atom stereocenters. The standard InChI is InChI=1S/C9H12O5/c1-3-8(11)14-7(2)9(12)13-6-4-5-10/h3,10H,1-2,4-6H2. The van der Waals surface area contributed by atoms with E-state index in [0.717, 1.165) is 6.08 Å². The van der Waals surface area contributed by atoms with Gasteiger partial charge in [0.2, 0.25) is 5.76 Å². The van der Waals surface area contributed by atoms with Crippen molar-refractivity contribution in [3.05, 3.63) is 25.0 Å². The van der Waals surface area contributed by atoms with Crippen LogP contribution in [0.4, 0.5) is 0 Å². The molecule has 0 bridgehead atoms. The van der Waals surface area contributed by atoms with Crippen LogP contribution in [0.2, 0.25) is 0 Å². The summed E-state index contributed by atoms with van der Waals surface area (Å²) in [7, 11) is 0. The molecule has 0 heterocycles. The van der Waals surface area contributed by atoms with Crippen LogP contribution in [0.25, 0.3) is 0 Å². The number of carbonyl (C=O) groups excluding carboxylic acids is 2. The maximum Gasteiger partial charge on any atom is 0.373 e. The largest absolute Gasteiger partial charge is 0.460 e. The van der Waals surface area contributed by atoms with Crippen LogP contribution in [0.3, 0.4) is 0 Å². The van der Waals surface area contributed by atoms with Crippen molar-refractivity contribution in [1.29, 1.82) is 0 Å². The highest BCUT2D eigenvalue weighted by Gasteiger charge is 2.12. The molecular weight excluding hydrogens is 188 g/mol. The summed E-state index contributed by atoms with van der Waals surface area (Å²) in [6.07, 6.45) is 1.24. The molecule has 0 radical (unpaired) electrons. The molecule has 5 heteroatoms. The highest BCUT2D eigenvalue weighted by atomic mass is 16.6. The van der Waals surface area contributed by atoms with Gasteiger partial charge in [-0.25, -0.2) is 9.59 Å². The molecule has 0 rings (SSSR count). The molecule has 0 atom stereocenters. The van der Waals surface area contributed by atoms with Crippen molar-refractivity contribution in [2.75, 3.05) is 13.2 Å². The summed E-state index contributed by atoms with van der Waals surface area (Å²) in [4.78, 5) is 21.6. The van der Waals surface area contributed by atoms with Gasteiger partial charge in [0, 0.05) is 19.1 Å². The predicted octanol–water partition coefficient (Wildman–Crippen LogP) is 0.155. The third-order valence-electron chi connectivity index (χ3n) is 1.15. The number of ether oxygens (including phenoxy) is 2. The zero-order valence-electron chi connectivity index (χ0n) is 7.69. The first-order valence-corrected chi connectivity index (χ1v) is 3.93. The van der Waals surface area contributed by atoms with E-state index in [2.05, 4.69) is 22.6 Å². The van der Waals surface area contributed by atoms with E-state index in [1.807, 2.05) is 0 Å². The van der Waals surface area contributed by atoms with Crippen molar-refractivity contribution in [3.63, 3.8) is 0 Å². The van der Waals surface area contributed by atoms with E-state index in [4.69, 9.17) is 5.11 Å². The molecule has 0 aliphatic rings. The molecule has 0 saturated heterocycles. The Kier molecular flexibility index (Phi) is 6.06. The van der Waals surface area contributed by atoms with Crippen LogP contribution in [0.5, 0.6) is 0 Å². The number of rotatable bonds is 6. The topological polar surface area (TPSA) is 72.8 Å². The van der Waals surface area contributed by atoms with Crippen LogP contribution >= 0.6 is 0 Å². The van der Waals surface area contributed by atoms with Gasteiger partial charge in [0.25, 0.3) is 0 Å². The first-order chi connectivity index (χ1) is 6.61. The molecule has 0 amide bonds. The molecule has 0 aliphatic carbocycles. The minimum absolute atomic E-state index is 0.0555. The number of hydrogen-bond donors (Lipinski definition) is 1. The molecule has 0 aliphatic heterocycles. The van der Waals surface area contributed by atoms with Crippen LogP contribution in [-0.4, -0.2) is 30.3 Å². The second kappa shape index (κ2) is 6.85. The number of esters is 2. The van der Waals surface area contributed by atoms with E-state index in [-0.39, 0.29) is 13.2 Å². The van der Waals surface area contributed by atoms with Crippen LogP contribution in [-0.2, 0) is 19.1 Å². The third-order valence-corrected chi connectivity index (χ3v) is 1.15. The Hall–Kier alpha value is -1.62. The van der Waals surface area contributed by atoms with E-state index >= 15 is 0 Å². The summed E-state index contributed by atoms with van der Waals surface area (Å²) in [6, 6.07) is 0. The van der Waals surface area contributed by atoms with E-state index < -0.39 is 17.7 Å². The van der Waals surface area contributed by atoms with Crippen molar-refractivity contribution < 1.29 is 24.2 Å². The number of hydrogen-bond acceptors (Lipinski definition) is 5. The highest BCUT2D eigenvalue weighted by Crippen LogP contribution is 1.98. The Balaban J connectivity index is 3.82. The van der Waals surface area contributed by atoms with Gasteiger partial charge < -0.3 is 14.6 Å². The quantitative estimate of drug-likeness (QED) is 0.286. The fraction of sp³-hybridized carbons (Fsp3) is 0.333. The van der Waals surface area contributed by atoms with Gasteiger partial charge in [0.1, 0.15) is 0 Å². The average Bonchev–Trinajstić information content (AvgIpc) is 2.17. The second-order valence-electron chi connectivity index (χ2n) is 2.26. The summed E-state index contributed by atoms with van der Waals surface area (Å²) in [5.74, 6) is -1.99. The lowest BCUT2D eigenvalue weighted by Gasteiger charge is -2.05. The van der Waals surface area contributed by atoms with Crippen molar-refractivity contribution in [3.8, 4) is 0 Å². The Morgan fingerprint density at radius 2 is 2.07 bits per heavy atom. The van der Waals surface area contributed by atoms with Gasteiger partial charge in [-0.1, -0.05) is 6.58 Å². The zero-order chi connectivity index (χ0) is 11.0. The summed E-state index contributed by atoms with van der Waals surface area (Å²) >= 11 is 0. The highest BCUT2D eigenvalue weighted by molar-refractivity contribution is 5.91. The second-order valence-corrected chi connectivity index (χ2v) is 2.26. The third kappa shape index (κ3) is 5.10. The number of aliphatic hydroxyl groups excluding tert-OH is 1. The van der Waals surface area contributed by atoms with Crippen molar-refractivity contribution in [2.45, 2.75) is 6.42 Å². The minimum Gasteiger partial charge on any atom is -0.460 e. The SMILES string of the molecule is C=CC(=O)OC(=C)C(=O)OCCCO. The van der Waals surface area contributed by atoms with Crippen molar-refractivity contribution in [2.24, 2.45) is 0 Å². The molecule has 0 aromatic rings.